The van der Waals surface area contributed by atoms with Crippen molar-refractivity contribution in [1.29, 1.82) is 0 Å². The first-order valence-corrected chi connectivity index (χ1v) is 8.77. The largest absolute Gasteiger partial charge is 0.332 e. The predicted octanol–water partition coefficient (Wildman–Crippen LogP) is 1.47. The minimum Gasteiger partial charge on any atom is -0.326 e. The summed E-state index contributed by atoms with van der Waals surface area (Å²) in [5, 5.41) is 2.92. The molecular weight excluding hydrogens is 346 g/mol. The Balaban J connectivity index is 1.70. The highest BCUT2D eigenvalue weighted by atomic mass is 16.2. The number of amides is 1. The minimum absolute atomic E-state index is 0.0772. The second kappa shape index (κ2) is 7.22. The van der Waals surface area contributed by atoms with Crippen LogP contribution in [0.15, 0.2) is 34.1 Å². The molecule has 0 radical (unpaired) electrons. The summed E-state index contributed by atoms with van der Waals surface area (Å²) in [5.74, 6) is -0.0772. The van der Waals surface area contributed by atoms with Crippen molar-refractivity contribution in [3.63, 3.8) is 0 Å². The van der Waals surface area contributed by atoms with Gasteiger partial charge >= 0.3 is 5.69 Å². The molecule has 3 rings (SSSR count). The van der Waals surface area contributed by atoms with Crippen molar-refractivity contribution in [3.05, 3.63) is 56.5 Å². The summed E-state index contributed by atoms with van der Waals surface area (Å²) in [6.07, 6.45) is 2.40. The Kier molecular flexibility index (Phi) is 4.98. The van der Waals surface area contributed by atoms with Gasteiger partial charge in [0, 0.05) is 32.7 Å². The second-order valence-electron chi connectivity index (χ2n) is 6.79. The van der Waals surface area contributed by atoms with Crippen LogP contribution in [0, 0.1) is 13.8 Å². The maximum absolute atomic E-state index is 12.4. The Morgan fingerprint density at radius 2 is 1.89 bits per heavy atom. The van der Waals surface area contributed by atoms with E-state index < -0.39 is 5.69 Å². The molecule has 8 heteroatoms. The van der Waals surface area contributed by atoms with Crippen LogP contribution in [0.5, 0.6) is 0 Å². The molecule has 27 heavy (non-hydrogen) atoms. The number of hydrogen-bond donors (Lipinski definition) is 1. The van der Waals surface area contributed by atoms with Gasteiger partial charge < -0.3 is 9.88 Å². The Labute approximate surface area is 156 Å². The number of carbonyl (C=O) groups is 1. The number of carbonyl (C=O) groups excluding carboxylic acids is 1. The third kappa shape index (κ3) is 3.55. The molecule has 0 saturated carbocycles. The zero-order chi connectivity index (χ0) is 19.7. The van der Waals surface area contributed by atoms with Gasteiger partial charge in [-0.1, -0.05) is 17.7 Å². The van der Waals surface area contributed by atoms with Crippen molar-refractivity contribution in [1.82, 2.24) is 18.7 Å². The van der Waals surface area contributed by atoms with Crippen molar-refractivity contribution >= 4 is 22.8 Å². The van der Waals surface area contributed by atoms with Gasteiger partial charge in [-0.2, -0.15) is 0 Å². The number of benzene rings is 1. The molecule has 1 N–H and O–H groups in total. The van der Waals surface area contributed by atoms with E-state index in [-0.39, 0.29) is 11.5 Å². The summed E-state index contributed by atoms with van der Waals surface area (Å²) < 4.78 is 4.11. The fraction of sp³-hybridized carbons (Fsp3) is 0.368. The van der Waals surface area contributed by atoms with E-state index in [0.717, 1.165) is 21.4 Å². The fourth-order valence-electron chi connectivity index (χ4n) is 3.14. The van der Waals surface area contributed by atoms with Crippen molar-refractivity contribution in [2.24, 2.45) is 14.1 Å². The molecule has 0 aliphatic rings. The Morgan fingerprint density at radius 3 is 2.59 bits per heavy atom. The molecule has 0 atom stereocenters. The maximum atomic E-state index is 12.4. The normalized spacial score (nSPS) is 11.1. The van der Waals surface area contributed by atoms with Gasteiger partial charge in [0.15, 0.2) is 11.2 Å². The van der Waals surface area contributed by atoms with Gasteiger partial charge in [-0.3, -0.25) is 18.7 Å². The van der Waals surface area contributed by atoms with E-state index in [0.29, 0.717) is 30.6 Å². The lowest BCUT2D eigenvalue weighted by Gasteiger charge is -2.10. The molecule has 8 nitrogen and oxygen atoms in total. The molecule has 2 heterocycles. The number of rotatable bonds is 5. The van der Waals surface area contributed by atoms with E-state index in [1.807, 2.05) is 32.0 Å². The molecule has 0 bridgehead atoms. The van der Waals surface area contributed by atoms with Gasteiger partial charge in [0.1, 0.15) is 0 Å². The van der Waals surface area contributed by atoms with Crippen LogP contribution in [0.1, 0.15) is 24.0 Å². The topological polar surface area (TPSA) is 90.9 Å². The van der Waals surface area contributed by atoms with Crippen LogP contribution in [-0.2, 0) is 25.4 Å². The Morgan fingerprint density at radius 1 is 1.15 bits per heavy atom. The van der Waals surface area contributed by atoms with Crippen LogP contribution in [0.2, 0.25) is 0 Å². The fourth-order valence-corrected chi connectivity index (χ4v) is 3.14. The zero-order valence-electron chi connectivity index (χ0n) is 15.9. The first kappa shape index (κ1) is 18.6. The van der Waals surface area contributed by atoms with Gasteiger partial charge in [-0.25, -0.2) is 9.78 Å². The summed E-state index contributed by atoms with van der Waals surface area (Å²) in [6.45, 7) is 4.43. The van der Waals surface area contributed by atoms with Gasteiger partial charge in [0.25, 0.3) is 5.56 Å². The number of anilines is 1. The molecule has 0 aliphatic heterocycles. The van der Waals surface area contributed by atoms with Crippen LogP contribution in [0.25, 0.3) is 11.2 Å². The molecule has 0 aliphatic carbocycles. The van der Waals surface area contributed by atoms with Crippen molar-refractivity contribution in [2.45, 2.75) is 33.2 Å². The number of hydrogen-bond acceptors (Lipinski definition) is 4. The number of nitrogens with one attached hydrogen (secondary N) is 1. The molecule has 142 valence electrons. The monoisotopic (exact) mass is 369 g/mol. The number of aryl methyl sites for hydroxylation is 4. The molecule has 1 amide bonds. The van der Waals surface area contributed by atoms with Crippen LogP contribution in [-0.4, -0.2) is 24.6 Å². The Bertz CT molecular complexity index is 1140. The highest BCUT2D eigenvalue weighted by molar-refractivity contribution is 5.91. The molecule has 0 fully saturated rings. The molecular formula is C19H23N5O3. The first-order chi connectivity index (χ1) is 12.8. The second-order valence-corrected chi connectivity index (χ2v) is 6.79. The highest BCUT2D eigenvalue weighted by Crippen LogP contribution is 2.16. The van der Waals surface area contributed by atoms with Crippen molar-refractivity contribution < 1.29 is 4.79 Å². The summed E-state index contributed by atoms with van der Waals surface area (Å²) in [4.78, 5) is 40.8. The van der Waals surface area contributed by atoms with Gasteiger partial charge in [0.2, 0.25) is 5.91 Å². The van der Waals surface area contributed by atoms with Crippen LogP contribution in [0.3, 0.4) is 0 Å². The van der Waals surface area contributed by atoms with Crippen molar-refractivity contribution in [2.75, 3.05) is 5.32 Å². The number of aromatic nitrogens is 4. The van der Waals surface area contributed by atoms with E-state index in [4.69, 9.17) is 0 Å². The Hall–Kier alpha value is -3.16. The molecule has 0 unspecified atom stereocenters. The summed E-state index contributed by atoms with van der Waals surface area (Å²) in [6, 6.07) is 5.88. The first-order valence-electron chi connectivity index (χ1n) is 8.77. The van der Waals surface area contributed by atoms with E-state index in [1.165, 1.54) is 17.9 Å². The van der Waals surface area contributed by atoms with E-state index in [9.17, 15) is 14.4 Å². The summed E-state index contributed by atoms with van der Waals surface area (Å²) in [7, 11) is 3.03. The quantitative estimate of drug-likeness (QED) is 0.737. The third-order valence-corrected chi connectivity index (χ3v) is 4.68. The zero-order valence-corrected chi connectivity index (χ0v) is 15.9. The standard InChI is InChI=1S/C19H23N5O3/c1-12-7-8-14(13(2)10-12)21-15(25)6-5-9-24-11-20-17-16(24)18(26)23(4)19(27)22(17)3/h7-8,10-11H,5-6,9H2,1-4H3,(H,21,25). The van der Waals surface area contributed by atoms with Crippen LogP contribution >= 0.6 is 0 Å². The van der Waals surface area contributed by atoms with E-state index in [1.54, 1.807) is 11.6 Å². The summed E-state index contributed by atoms with van der Waals surface area (Å²) >= 11 is 0. The maximum Gasteiger partial charge on any atom is 0.332 e. The lowest BCUT2D eigenvalue weighted by atomic mass is 10.1. The number of imidazole rings is 1. The SMILES string of the molecule is Cc1ccc(NC(=O)CCCn2cnc3c2c(=O)n(C)c(=O)n3C)c(C)c1. The minimum atomic E-state index is -0.411. The lowest BCUT2D eigenvalue weighted by molar-refractivity contribution is -0.116. The van der Waals surface area contributed by atoms with Gasteiger partial charge in [-0.05, 0) is 31.9 Å². The highest BCUT2D eigenvalue weighted by Gasteiger charge is 2.14. The number of fused-ring (bicyclic) bond motifs is 1. The van der Waals surface area contributed by atoms with Gasteiger partial charge in [-0.15, -0.1) is 0 Å². The molecule has 2 aromatic heterocycles. The van der Waals surface area contributed by atoms with Crippen molar-refractivity contribution in [3.8, 4) is 0 Å². The smallest absolute Gasteiger partial charge is 0.326 e. The van der Waals surface area contributed by atoms with E-state index >= 15 is 0 Å². The van der Waals surface area contributed by atoms with Crippen LogP contribution < -0.4 is 16.6 Å². The number of nitrogens with zero attached hydrogens (tertiary/aromatic N) is 4. The molecule has 0 saturated heterocycles. The summed E-state index contributed by atoms with van der Waals surface area (Å²) in [5.41, 5.74) is 2.90. The third-order valence-electron chi connectivity index (χ3n) is 4.68. The molecule has 0 spiro atoms. The molecule has 1 aromatic carbocycles. The average Bonchev–Trinajstić information content (AvgIpc) is 3.04. The van der Waals surface area contributed by atoms with Gasteiger partial charge in [0.05, 0.1) is 6.33 Å². The lowest BCUT2D eigenvalue weighted by Crippen LogP contribution is -2.37. The average molecular weight is 369 g/mol. The molecule has 3 aromatic rings. The van der Waals surface area contributed by atoms with Crippen LogP contribution in [0.4, 0.5) is 5.69 Å². The van der Waals surface area contributed by atoms with E-state index in [2.05, 4.69) is 10.3 Å². The predicted molar refractivity (Wildman–Crippen MR) is 104 cm³/mol.